The SMILES string of the molecule is CN(C)C(=O)c1ccc(N)c(Sc2ncnn2C)c1. The maximum Gasteiger partial charge on any atom is 0.253 e. The predicted octanol–water partition coefficient (Wildman–Crippen LogP) is 1.25. The Balaban J connectivity index is 2.32. The number of aromatic nitrogens is 3. The van der Waals surface area contributed by atoms with Crippen molar-refractivity contribution in [1.29, 1.82) is 0 Å². The highest BCUT2D eigenvalue weighted by Gasteiger charge is 2.12. The first-order valence-electron chi connectivity index (χ1n) is 5.62. The fraction of sp³-hybridized carbons (Fsp3) is 0.250. The number of nitrogens with zero attached hydrogens (tertiary/aromatic N) is 4. The van der Waals surface area contributed by atoms with Crippen LogP contribution in [0.15, 0.2) is 34.6 Å². The fourth-order valence-corrected chi connectivity index (χ4v) is 2.34. The second-order valence-corrected chi connectivity index (χ2v) is 5.23. The van der Waals surface area contributed by atoms with Crippen LogP contribution in [0.4, 0.5) is 5.69 Å². The Labute approximate surface area is 115 Å². The molecule has 0 radical (unpaired) electrons. The average molecular weight is 277 g/mol. The van der Waals surface area contributed by atoms with Crippen molar-refractivity contribution in [3.63, 3.8) is 0 Å². The van der Waals surface area contributed by atoms with E-state index in [-0.39, 0.29) is 5.91 Å². The molecule has 0 aliphatic carbocycles. The summed E-state index contributed by atoms with van der Waals surface area (Å²) in [6, 6.07) is 5.23. The molecule has 0 aliphatic rings. The summed E-state index contributed by atoms with van der Waals surface area (Å²) in [5.41, 5.74) is 7.14. The molecule has 0 spiro atoms. The molecule has 2 N–H and O–H groups in total. The van der Waals surface area contributed by atoms with Gasteiger partial charge in [-0.05, 0) is 30.0 Å². The van der Waals surface area contributed by atoms with Crippen LogP contribution in [0.1, 0.15) is 10.4 Å². The average Bonchev–Trinajstić information content (AvgIpc) is 2.77. The zero-order valence-corrected chi connectivity index (χ0v) is 11.8. The zero-order valence-electron chi connectivity index (χ0n) is 11.0. The van der Waals surface area contributed by atoms with E-state index in [2.05, 4.69) is 10.1 Å². The Kier molecular flexibility index (Phi) is 3.75. The molecule has 100 valence electrons. The third-order valence-corrected chi connectivity index (χ3v) is 3.66. The third-order valence-electron chi connectivity index (χ3n) is 2.54. The Bertz CT molecular complexity index is 608. The standard InChI is InChI=1S/C12H15N5OS/c1-16(2)11(18)8-4-5-9(13)10(6-8)19-12-14-7-15-17(12)3/h4-7H,13H2,1-3H3. The van der Waals surface area contributed by atoms with Gasteiger partial charge >= 0.3 is 0 Å². The van der Waals surface area contributed by atoms with Gasteiger partial charge in [-0.2, -0.15) is 5.10 Å². The van der Waals surface area contributed by atoms with Crippen molar-refractivity contribution in [2.24, 2.45) is 7.05 Å². The molecule has 2 rings (SSSR count). The smallest absolute Gasteiger partial charge is 0.253 e. The van der Waals surface area contributed by atoms with Crippen LogP contribution in [-0.2, 0) is 7.05 Å². The fourth-order valence-electron chi connectivity index (χ4n) is 1.49. The van der Waals surface area contributed by atoms with Crippen LogP contribution in [0.25, 0.3) is 0 Å². The van der Waals surface area contributed by atoms with E-state index >= 15 is 0 Å². The van der Waals surface area contributed by atoms with Crippen molar-refractivity contribution in [3.8, 4) is 0 Å². The summed E-state index contributed by atoms with van der Waals surface area (Å²) >= 11 is 1.38. The molecule has 1 aromatic heterocycles. The summed E-state index contributed by atoms with van der Waals surface area (Å²) in [5, 5.41) is 4.72. The number of amides is 1. The van der Waals surface area contributed by atoms with Gasteiger partial charge in [0.25, 0.3) is 5.91 Å². The maximum atomic E-state index is 11.9. The monoisotopic (exact) mass is 277 g/mol. The van der Waals surface area contributed by atoms with Crippen LogP contribution < -0.4 is 5.73 Å². The Morgan fingerprint density at radius 1 is 1.42 bits per heavy atom. The Morgan fingerprint density at radius 2 is 2.16 bits per heavy atom. The molecular formula is C12H15N5OS. The van der Waals surface area contributed by atoms with Gasteiger partial charge in [-0.3, -0.25) is 4.79 Å². The highest BCUT2D eigenvalue weighted by atomic mass is 32.2. The first-order valence-corrected chi connectivity index (χ1v) is 6.43. The van der Waals surface area contributed by atoms with Crippen LogP contribution in [-0.4, -0.2) is 39.7 Å². The Hall–Kier alpha value is -2.02. The van der Waals surface area contributed by atoms with Crippen molar-refractivity contribution in [2.75, 3.05) is 19.8 Å². The van der Waals surface area contributed by atoms with Gasteiger partial charge in [-0.15, -0.1) is 0 Å². The van der Waals surface area contributed by atoms with Crippen LogP contribution in [0, 0.1) is 0 Å². The van der Waals surface area contributed by atoms with E-state index in [0.29, 0.717) is 11.3 Å². The van der Waals surface area contributed by atoms with Gasteiger partial charge in [0.1, 0.15) is 6.33 Å². The number of rotatable bonds is 3. The number of benzene rings is 1. The topological polar surface area (TPSA) is 77.0 Å². The zero-order chi connectivity index (χ0) is 14.0. The minimum Gasteiger partial charge on any atom is -0.398 e. The number of hydrogen-bond donors (Lipinski definition) is 1. The number of hydrogen-bond acceptors (Lipinski definition) is 5. The third kappa shape index (κ3) is 2.87. The van der Waals surface area contributed by atoms with Crippen LogP contribution in [0.5, 0.6) is 0 Å². The summed E-state index contributed by atoms with van der Waals surface area (Å²) in [4.78, 5) is 18.4. The molecule has 1 aromatic carbocycles. The van der Waals surface area contributed by atoms with Crippen molar-refractivity contribution in [2.45, 2.75) is 10.1 Å². The molecule has 0 unspecified atom stereocenters. The Morgan fingerprint density at radius 3 is 2.74 bits per heavy atom. The number of nitrogen functional groups attached to an aromatic ring is 1. The lowest BCUT2D eigenvalue weighted by Gasteiger charge is -2.12. The lowest BCUT2D eigenvalue weighted by molar-refractivity contribution is 0.0827. The molecule has 2 aromatic rings. The van der Waals surface area contributed by atoms with E-state index in [4.69, 9.17) is 5.73 Å². The molecule has 7 heteroatoms. The number of aryl methyl sites for hydroxylation is 1. The van der Waals surface area contributed by atoms with Gasteiger partial charge in [-0.25, -0.2) is 9.67 Å². The second kappa shape index (κ2) is 5.31. The number of carbonyl (C=O) groups is 1. The predicted molar refractivity (Wildman–Crippen MR) is 74.0 cm³/mol. The highest BCUT2D eigenvalue weighted by Crippen LogP contribution is 2.31. The minimum atomic E-state index is -0.0557. The number of nitrogens with two attached hydrogens (primary N) is 1. The van der Waals surface area contributed by atoms with Gasteiger partial charge in [0.15, 0.2) is 5.16 Å². The normalized spacial score (nSPS) is 10.5. The van der Waals surface area contributed by atoms with Gasteiger partial charge in [0.2, 0.25) is 0 Å². The maximum absolute atomic E-state index is 11.9. The molecule has 0 saturated heterocycles. The van der Waals surface area contributed by atoms with Crippen LogP contribution in [0.3, 0.4) is 0 Å². The molecule has 6 nitrogen and oxygen atoms in total. The van der Waals surface area contributed by atoms with E-state index in [9.17, 15) is 4.79 Å². The first-order chi connectivity index (χ1) is 8.99. The van der Waals surface area contributed by atoms with Crippen molar-refractivity contribution in [3.05, 3.63) is 30.1 Å². The van der Waals surface area contributed by atoms with E-state index in [0.717, 1.165) is 10.1 Å². The lowest BCUT2D eigenvalue weighted by atomic mass is 10.2. The molecule has 1 heterocycles. The second-order valence-electron chi connectivity index (χ2n) is 4.22. The highest BCUT2D eigenvalue weighted by molar-refractivity contribution is 7.99. The van der Waals surface area contributed by atoms with E-state index in [1.54, 1.807) is 44.0 Å². The molecule has 1 amide bonds. The lowest BCUT2D eigenvalue weighted by Crippen LogP contribution is -2.21. The van der Waals surface area contributed by atoms with Crippen molar-refractivity contribution in [1.82, 2.24) is 19.7 Å². The van der Waals surface area contributed by atoms with Crippen LogP contribution in [0.2, 0.25) is 0 Å². The summed E-state index contributed by atoms with van der Waals surface area (Å²) in [5.74, 6) is -0.0557. The first kappa shape index (κ1) is 13.4. The quantitative estimate of drug-likeness (QED) is 0.854. The summed E-state index contributed by atoms with van der Waals surface area (Å²) in [6.45, 7) is 0. The van der Waals surface area contributed by atoms with Crippen molar-refractivity contribution >= 4 is 23.4 Å². The summed E-state index contributed by atoms with van der Waals surface area (Å²) < 4.78 is 1.66. The molecule has 0 aliphatic heterocycles. The molecular weight excluding hydrogens is 262 g/mol. The summed E-state index contributed by atoms with van der Waals surface area (Å²) in [6.07, 6.45) is 1.48. The van der Waals surface area contributed by atoms with Gasteiger partial charge in [0, 0.05) is 37.3 Å². The molecule has 0 fully saturated rings. The molecule has 0 bridgehead atoms. The number of carbonyl (C=O) groups excluding carboxylic acids is 1. The van der Waals surface area contributed by atoms with Crippen LogP contribution >= 0.6 is 11.8 Å². The number of anilines is 1. The van der Waals surface area contributed by atoms with E-state index in [1.807, 2.05) is 0 Å². The van der Waals surface area contributed by atoms with E-state index in [1.165, 1.54) is 23.0 Å². The van der Waals surface area contributed by atoms with Gasteiger partial charge < -0.3 is 10.6 Å². The van der Waals surface area contributed by atoms with Gasteiger partial charge in [-0.1, -0.05) is 0 Å². The molecule has 19 heavy (non-hydrogen) atoms. The van der Waals surface area contributed by atoms with Gasteiger partial charge in [0.05, 0.1) is 0 Å². The van der Waals surface area contributed by atoms with E-state index < -0.39 is 0 Å². The molecule has 0 atom stereocenters. The van der Waals surface area contributed by atoms with Crippen molar-refractivity contribution < 1.29 is 4.79 Å². The summed E-state index contributed by atoms with van der Waals surface area (Å²) in [7, 11) is 5.24. The largest absolute Gasteiger partial charge is 0.398 e. The molecule has 0 saturated carbocycles. The minimum absolute atomic E-state index is 0.0557.